The quantitative estimate of drug-likeness (QED) is 0.748. The lowest BCUT2D eigenvalue weighted by Gasteiger charge is -2.42. The number of carbonyl (C=O) groups is 1. The SMILES string of the molecule is CC1CCCN(C(=O)C2CCC2)C1CN. The summed E-state index contributed by atoms with van der Waals surface area (Å²) in [5.41, 5.74) is 5.79. The summed E-state index contributed by atoms with van der Waals surface area (Å²) in [6.07, 6.45) is 5.79. The van der Waals surface area contributed by atoms with Crippen molar-refractivity contribution < 1.29 is 4.79 Å². The predicted octanol–water partition coefficient (Wildman–Crippen LogP) is 1.37. The van der Waals surface area contributed by atoms with Gasteiger partial charge in [0.05, 0.1) is 0 Å². The van der Waals surface area contributed by atoms with Gasteiger partial charge in [0.15, 0.2) is 0 Å². The van der Waals surface area contributed by atoms with Gasteiger partial charge in [-0.15, -0.1) is 0 Å². The number of rotatable bonds is 2. The van der Waals surface area contributed by atoms with E-state index in [2.05, 4.69) is 11.8 Å². The lowest BCUT2D eigenvalue weighted by molar-refractivity contribution is -0.143. The lowest BCUT2D eigenvalue weighted by Crippen LogP contribution is -2.53. The van der Waals surface area contributed by atoms with E-state index >= 15 is 0 Å². The maximum Gasteiger partial charge on any atom is 0.225 e. The van der Waals surface area contributed by atoms with Gasteiger partial charge in [-0.1, -0.05) is 13.3 Å². The van der Waals surface area contributed by atoms with Crippen molar-refractivity contribution in [2.24, 2.45) is 17.6 Å². The van der Waals surface area contributed by atoms with Crippen molar-refractivity contribution in [2.75, 3.05) is 13.1 Å². The van der Waals surface area contributed by atoms with Gasteiger partial charge in [-0.25, -0.2) is 0 Å². The van der Waals surface area contributed by atoms with Crippen LogP contribution < -0.4 is 5.73 Å². The number of hydrogen-bond donors (Lipinski definition) is 1. The van der Waals surface area contributed by atoms with Crippen molar-refractivity contribution >= 4 is 5.91 Å². The smallest absolute Gasteiger partial charge is 0.225 e. The van der Waals surface area contributed by atoms with Gasteiger partial charge in [-0.2, -0.15) is 0 Å². The number of piperidine rings is 1. The van der Waals surface area contributed by atoms with Crippen LogP contribution in [0, 0.1) is 11.8 Å². The molecular formula is C12H22N2O. The summed E-state index contributed by atoms with van der Waals surface area (Å²) in [6.45, 7) is 3.78. The molecule has 1 heterocycles. The summed E-state index contributed by atoms with van der Waals surface area (Å²) in [7, 11) is 0. The summed E-state index contributed by atoms with van der Waals surface area (Å²) in [5, 5.41) is 0. The van der Waals surface area contributed by atoms with E-state index in [-0.39, 0.29) is 0 Å². The van der Waals surface area contributed by atoms with Crippen LogP contribution in [0.1, 0.15) is 39.0 Å². The van der Waals surface area contributed by atoms with Gasteiger partial charge in [0.1, 0.15) is 0 Å². The minimum absolute atomic E-state index is 0.298. The van der Waals surface area contributed by atoms with Crippen molar-refractivity contribution in [3.05, 3.63) is 0 Å². The summed E-state index contributed by atoms with van der Waals surface area (Å²) in [6, 6.07) is 0.298. The molecule has 1 amide bonds. The van der Waals surface area contributed by atoms with E-state index < -0.39 is 0 Å². The van der Waals surface area contributed by atoms with Gasteiger partial charge in [0, 0.05) is 25.0 Å². The molecule has 1 saturated heterocycles. The zero-order valence-electron chi connectivity index (χ0n) is 9.61. The second-order valence-corrected chi connectivity index (χ2v) is 5.08. The summed E-state index contributed by atoms with van der Waals surface area (Å²) < 4.78 is 0. The molecular weight excluding hydrogens is 188 g/mol. The van der Waals surface area contributed by atoms with Gasteiger partial charge in [0.2, 0.25) is 5.91 Å². The number of carbonyl (C=O) groups excluding carboxylic acids is 1. The van der Waals surface area contributed by atoms with Crippen LogP contribution in [0.5, 0.6) is 0 Å². The third-order valence-corrected chi connectivity index (χ3v) is 4.09. The van der Waals surface area contributed by atoms with Crippen LogP contribution in [0.2, 0.25) is 0 Å². The monoisotopic (exact) mass is 210 g/mol. The van der Waals surface area contributed by atoms with Gasteiger partial charge in [-0.05, 0) is 31.6 Å². The summed E-state index contributed by atoms with van der Waals surface area (Å²) in [4.78, 5) is 14.2. The molecule has 2 unspecified atom stereocenters. The van der Waals surface area contributed by atoms with E-state index in [1.807, 2.05) is 0 Å². The van der Waals surface area contributed by atoms with E-state index in [0.717, 1.165) is 25.8 Å². The number of nitrogens with two attached hydrogens (primary N) is 1. The molecule has 0 aromatic carbocycles. The lowest BCUT2D eigenvalue weighted by atomic mass is 9.82. The Morgan fingerprint density at radius 2 is 2.07 bits per heavy atom. The van der Waals surface area contributed by atoms with Crippen LogP contribution in [-0.2, 0) is 4.79 Å². The molecule has 0 spiro atoms. The Bertz CT molecular complexity index is 238. The molecule has 0 aromatic rings. The van der Waals surface area contributed by atoms with Gasteiger partial charge in [0.25, 0.3) is 0 Å². The van der Waals surface area contributed by atoms with Crippen LogP contribution >= 0.6 is 0 Å². The van der Waals surface area contributed by atoms with E-state index in [4.69, 9.17) is 5.73 Å². The van der Waals surface area contributed by atoms with E-state index in [0.29, 0.717) is 30.3 Å². The first-order valence-corrected chi connectivity index (χ1v) is 6.24. The largest absolute Gasteiger partial charge is 0.338 e. The third kappa shape index (κ3) is 2.03. The van der Waals surface area contributed by atoms with Crippen LogP contribution in [0.15, 0.2) is 0 Å². The van der Waals surface area contributed by atoms with E-state index in [1.54, 1.807) is 0 Å². The predicted molar refractivity (Wildman–Crippen MR) is 60.3 cm³/mol. The van der Waals surface area contributed by atoms with Crippen molar-refractivity contribution in [3.8, 4) is 0 Å². The van der Waals surface area contributed by atoms with Crippen LogP contribution in [0.25, 0.3) is 0 Å². The highest BCUT2D eigenvalue weighted by molar-refractivity contribution is 5.80. The van der Waals surface area contributed by atoms with Crippen molar-refractivity contribution in [3.63, 3.8) is 0 Å². The molecule has 0 radical (unpaired) electrons. The fourth-order valence-corrected chi connectivity index (χ4v) is 2.77. The van der Waals surface area contributed by atoms with Crippen LogP contribution in [0.4, 0.5) is 0 Å². The highest BCUT2D eigenvalue weighted by atomic mass is 16.2. The first-order chi connectivity index (χ1) is 7.24. The molecule has 1 aliphatic carbocycles. The highest BCUT2D eigenvalue weighted by Crippen LogP contribution is 2.31. The molecule has 2 fully saturated rings. The Hall–Kier alpha value is -0.570. The number of amides is 1. The second-order valence-electron chi connectivity index (χ2n) is 5.08. The van der Waals surface area contributed by atoms with Crippen LogP contribution in [-0.4, -0.2) is 29.9 Å². The molecule has 2 rings (SSSR count). The molecule has 86 valence electrons. The van der Waals surface area contributed by atoms with Gasteiger partial charge >= 0.3 is 0 Å². The van der Waals surface area contributed by atoms with E-state index in [9.17, 15) is 4.79 Å². The maximum atomic E-state index is 12.2. The molecule has 0 bridgehead atoms. The average Bonchev–Trinajstić information content (AvgIpc) is 2.14. The summed E-state index contributed by atoms with van der Waals surface area (Å²) in [5.74, 6) is 1.28. The average molecular weight is 210 g/mol. The normalized spacial score (nSPS) is 32.5. The first-order valence-electron chi connectivity index (χ1n) is 6.24. The fourth-order valence-electron chi connectivity index (χ4n) is 2.77. The molecule has 2 N–H and O–H groups in total. The molecule has 3 heteroatoms. The maximum absolute atomic E-state index is 12.2. The molecule has 2 aliphatic rings. The standard InChI is InChI=1S/C12H22N2O/c1-9-4-3-7-14(11(9)8-13)12(15)10-5-2-6-10/h9-11H,2-8,13H2,1H3. The Kier molecular flexibility index (Phi) is 3.29. The first kappa shape index (κ1) is 10.9. The molecule has 0 aromatic heterocycles. The Balaban J connectivity index is 2.01. The van der Waals surface area contributed by atoms with Gasteiger partial charge < -0.3 is 10.6 Å². The minimum atomic E-state index is 0.298. The van der Waals surface area contributed by atoms with Crippen molar-refractivity contribution in [1.29, 1.82) is 0 Å². The molecule has 1 saturated carbocycles. The third-order valence-electron chi connectivity index (χ3n) is 4.09. The second kappa shape index (κ2) is 4.52. The highest BCUT2D eigenvalue weighted by Gasteiger charge is 2.36. The number of nitrogens with zero attached hydrogens (tertiary/aromatic N) is 1. The zero-order chi connectivity index (χ0) is 10.8. The Labute approximate surface area is 92.0 Å². The summed E-state index contributed by atoms with van der Waals surface area (Å²) >= 11 is 0. The molecule has 3 nitrogen and oxygen atoms in total. The fraction of sp³-hybridized carbons (Fsp3) is 0.917. The number of likely N-dealkylation sites (tertiary alicyclic amines) is 1. The molecule has 15 heavy (non-hydrogen) atoms. The number of hydrogen-bond acceptors (Lipinski definition) is 2. The zero-order valence-corrected chi connectivity index (χ0v) is 9.61. The Morgan fingerprint density at radius 1 is 1.33 bits per heavy atom. The topological polar surface area (TPSA) is 46.3 Å². The van der Waals surface area contributed by atoms with Crippen LogP contribution in [0.3, 0.4) is 0 Å². The molecule has 1 aliphatic heterocycles. The molecule has 2 atom stereocenters. The van der Waals surface area contributed by atoms with Crippen molar-refractivity contribution in [2.45, 2.75) is 45.1 Å². The van der Waals surface area contributed by atoms with E-state index in [1.165, 1.54) is 12.8 Å². The van der Waals surface area contributed by atoms with Gasteiger partial charge in [-0.3, -0.25) is 4.79 Å². The minimum Gasteiger partial charge on any atom is -0.338 e. The van der Waals surface area contributed by atoms with Crippen molar-refractivity contribution in [1.82, 2.24) is 4.90 Å². The Morgan fingerprint density at radius 3 is 2.60 bits per heavy atom.